The van der Waals surface area contributed by atoms with Crippen molar-refractivity contribution in [1.82, 2.24) is 0 Å². The second-order valence-electron chi connectivity index (χ2n) is 3.07. The molecule has 4 nitrogen and oxygen atoms in total. The van der Waals surface area contributed by atoms with Crippen LogP contribution in [-0.2, 0) is 19.0 Å². The maximum atomic E-state index is 10.9. The van der Waals surface area contributed by atoms with E-state index in [0.29, 0.717) is 26.4 Å². The highest BCUT2D eigenvalue weighted by Gasteiger charge is 1.98. The quantitative estimate of drug-likeness (QED) is 0.235. The fourth-order valence-corrected chi connectivity index (χ4v) is 0.966. The minimum absolute atomic E-state index is 0.249. The van der Waals surface area contributed by atoms with Crippen LogP contribution in [0.2, 0.25) is 0 Å². The van der Waals surface area contributed by atoms with Crippen LogP contribution in [-0.4, -0.2) is 32.4 Å². The van der Waals surface area contributed by atoms with Gasteiger partial charge in [0, 0.05) is 6.61 Å². The fourth-order valence-electron chi connectivity index (χ4n) is 0.966. The lowest BCUT2D eigenvalue weighted by molar-refractivity contribution is -0.144. The lowest BCUT2D eigenvalue weighted by atomic mass is 10.3. The maximum Gasteiger partial charge on any atom is 0.309 e. The lowest BCUT2D eigenvalue weighted by Crippen LogP contribution is -2.10. The van der Waals surface area contributed by atoms with E-state index in [2.05, 4.69) is 13.2 Å². The first-order valence-electron chi connectivity index (χ1n) is 5.38. The summed E-state index contributed by atoms with van der Waals surface area (Å²) in [5.41, 5.74) is 0. The Morgan fingerprint density at radius 3 is 2.50 bits per heavy atom. The molecular formula is C12H20O4. The Kier molecular flexibility index (Phi) is 10.8. The average Bonchev–Trinajstić information content (AvgIpc) is 2.27. The average molecular weight is 228 g/mol. The molecular weight excluding hydrogens is 208 g/mol. The smallest absolute Gasteiger partial charge is 0.309 e. The highest BCUT2D eigenvalue weighted by molar-refractivity contribution is 5.70. The molecule has 0 atom stereocenters. The van der Waals surface area contributed by atoms with Crippen LogP contribution in [0.4, 0.5) is 0 Å². The zero-order valence-corrected chi connectivity index (χ0v) is 9.65. The van der Waals surface area contributed by atoms with Gasteiger partial charge in [-0.2, -0.15) is 0 Å². The summed E-state index contributed by atoms with van der Waals surface area (Å²) in [6.07, 6.45) is 5.05. The molecule has 0 aromatic heterocycles. The zero-order chi connectivity index (χ0) is 12.1. The Balaban J connectivity index is 3.06. The summed E-state index contributed by atoms with van der Waals surface area (Å²) in [6, 6.07) is 0. The third kappa shape index (κ3) is 10.8. The van der Waals surface area contributed by atoms with E-state index in [9.17, 15) is 4.79 Å². The first-order valence-corrected chi connectivity index (χ1v) is 5.38. The number of carbonyl (C=O) groups is 1. The molecule has 0 radical (unpaired) electrons. The van der Waals surface area contributed by atoms with Crippen LogP contribution < -0.4 is 0 Å². The van der Waals surface area contributed by atoms with Crippen LogP contribution in [0.3, 0.4) is 0 Å². The van der Waals surface area contributed by atoms with E-state index in [4.69, 9.17) is 14.2 Å². The van der Waals surface area contributed by atoms with E-state index in [-0.39, 0.29) is 12.4 Å². The van der Waals surface area contributed by atoms with Crippen molar-refractivity contribution in [2.24, 2.45) is 0 Å². The van der Waals surface area contributed by atoms with Gasteiger partial charge in [-0.25, -0.2) is 0 Å². The third-order valence-corrected chi connectivity index (χ3v) is 1.72. The number of unbranched alkanes of at least 4 members (excludes halogenated alkanes) is 1. The van der Waals surface area contributed by atoms with Crippen LogP contribution in [0.15, 0.2) is 25.5 Å². The van der Waals surface area contributed by atoms with Gasteiger partial charge in [0.05, 0.1) is 25.9 Å². The molecule has 0 aliphatic heterocycles. The largest absolute Gasteiger partial charge is 0.502 e. The standard InChI is InChI=1S/C12H20O4/c1-3-7-12(13)16-11-10-15-9-6-5-8-14-4-2/h3-4H,1-2,5-11H2. The van der Waals surface area contributed by atoms with Gasteiger partial charge in [-0.3, -0.25) is 4.79 Å². The first kappa shape index (κ1) is 14.7. The monoisotopic (exact) mass is 228 g/mol. The fraction of sp³-hybridized carbons (Fsp3) is 0.583. The molecule has 0 unspecified atom stereocenters. The Labute approximate surface area is 96.9 Å². The zero-order valence-electron chi connectivity index (χ0n) is 9.65. The van der Waals surface area contributed by atoms with Crippen LogP contribution in [0, 0.1) is 0 Å². The molecule has 0 N–H and O–H groups in total. The summed E-state index contributed by atoms with van der Waals surface area (Å²) in [7, 11) is 0. The Morgan fingerprint density at radius 2 is 1.81 bits per heavy atom. The number of rotatable bonds is 11. The minimum atomic E-state index is -0.266. The molecule has 4 heteroatoms. The van der Waals surface area contributed by atoms with Gasteiger partial charge in [0.15, 0.2) is 0 Å². The Morgan fingerprint density at radius 1 is 1.06 bits per heavy atom. The number of ether oxygens (including phenoxy) is 3. The third-order valence-electron chi connectivity index (χ3n) is 1.72. The summed E-state index contributed by atoms with van der Waals surface area (Å²) in [5, 5.41) is 0. The first-order chi connectivity index (χ1) is 7.81. The molecule has 0 saturated heterocycles. The van der Waals surface area contributed by atoms with Crippen molar-refractivity contribution in [3.63, 3.8) is 0 Å². The van der Waals surface area contributed by atoms with Crippen LogP contribution in [0.5, 0.6) is 0 Å². The summed E-state index contributed by atoms with van der Waals surface area (Å²) in [4.78, 5) is 10.9. The van der Waals surface area contributed by atoms with Gasteiger partial charge < -0.3 is 14.2 Å². The summed E-state index contributed by atoms with van der Waals surface area (Å²) >= 11 is 0. The molecule has 92 valence electrons. The van der Waals surface area contributed by atoms with E-state index in [1.54, 1.807) is 0 Å². The number of esters is 1. The van der Waals surface area contributed by atoms with Gasteiger partial charge in [0.2, 0.25) is 0 Å². The van der Waals surface area contributed by atoms with Gasteiger partial charge in [0.25, 0.3) is 0 Å². The molecule has 0 aromatic carbocycles. The van der Waals surface area contributed by atoms with Crippen molar-refractivity contribution in [3.05, 3.63) is 25.5 Å². The normalized spacial score (nSPS) is 9.50. The SMILES string of the molecule is C=CCC(=O)OCCOCCCCOC=C. The Hall–Kier alpha value is -1.29. The van der Waals surface area contributed by atoms with Gasteiger partial charge in [-0.15, -0.1) is 6.58 Å². The highest BCUT2D eigenvalue weighted by Crippen LogP contribution is 1.92. The molecule has 0 bridgehead atoms. The van der Waals surface area contributed by atoms with Crippen molar-refractivity contribution in [3.8, 4) is 0 Å². The van der Waals surface area contributed by atoms with Gasteiger partial charge in [0.1, 0.15) is 6.61 Å². The van der Waals surface area contributed by atoms with Crippen LogP contribution in [0.25, 0.3) is 0 Å². The lowest BCUT2D eigenvalue weighted by Gasteiger charge is -2.05. The number of hydrogen-bond acceptors (Lipinski definition) is 4. The van der Waals surface area contributed by atoms with Gasteiger partial charge >= 0.3 is 5.97 Å². The summed E-state index contributed by atoms with van der Waals surface area (Å²) in [5.74, 6) is -0.266. The molecule has 0 aliphatic rings. The molecule has 0 amide bonds. The van der Waals surface area contributed by atoms with Gasteiger partial charge in [-0.05, 0) is 12.8 Å². The van der Waals surface area contributed by atoms with Crippen molar-refractivity contribution in [2.45, 2.75) is 19.3 Å². The van der Waals surface area contributed by atoms with Crippen molar-refractivity contribution in [1.29, 1.82) is 0 Å². The van der Waals surface area contributed by atoms with E-state index >= 15 is 0 Å². The summed E-state index contributed by atoms with van der Waals surface area (Å²) in [6.45, 7) is 8.94. The van der Waals surface area contributed by atoms with Crippen LogP contribution in [0.1, 0.15) is 19.3 Å². The molecule has 0 spiro atoms. The molecule has 0 saturated carbocycles. The second-order valence-corrected chi connectivity index (χ2v) is 3.07. The van der Waals surface area contributed by atoms with Gasteiger partial charge in [-0.1, -0.05) is 12.7 Å². The molecule has 16 heavy (non-hydrogen) atoms. The molecule has 0 heterocycles. The van der Waals surface area contributed by atoms with E-state index in [1.165, 1.54) is 12.3 Å². The van der Waals surface area contributed by atoms with Crippen LogP contribution >= 0.6 is 0 Å². The number of carbonyl (C=O) groups excluding carboxylic acids is 1. The van der Waals surface area contributed by atoms with E-state index < -0.39 is 0 Å². The molecule has 0 aliphatic carbocycles. The highest BCUT2D eigenvalue weighted by atomic mass is 16.6. The van der Waals surface area contributed by atoms with Crippen molar-refractivity contribution < 1.29 is 19.0 Å². The van der Waals surface area contributed by atoms with E-state index in [1.807, 2.05) is 0 Å². The van der Waals surface area contributed by atoms with Crippen molar-refractivity contribution >= 4 is 5.97 Å². The molecule has 0 fully saturated rings. The molecule has 0 aromatic rings. The second kappa shape index (κ2) is 11.8. The summed E-state index contributed by atoms with van der Waals surface area (Å²) < 4.78 is 15.1. The predicted molar refractivity (Wildman–Crippen MR) is 62.0 cm³/mol. The van der Waals surface area contributed by atoms with Crippen molar-refractivity contribution in [2.75, 3.05) is 26.4 Å². The number of hydrogen-bond donors (Lipinski definition) is 0. The predicted octanol–water partition coefficient (Wildman–Crippen LogP) is 2.06. The van der Waals surface area contributed by atoms with E-state index in [0.717, 1.165) is 12.8 Å². The Bertz CT molecular complexity index is 201. The minimum Gasteiger partial charge on any atom is -0.502 e. The topological polar surface area (TPSA) is 44.8 Å². The molecule has 0 rings (SSSR count). The maximum absolute atomic E-state index is 10.9.